The molecular weight excluding hydrogens is 285 g/mol. The summed E-state index contributed by atoms with van der Waals surface area (Å²) < 4.78 is 13.7. The number of aliphatic imine (C=N–C) groups is 1. The average Bonchev–Trinajstić information content (AvgIpc) is 3.05. The van der Waals surface area contributed by atoms with Gasteiger partial charge in [0.1, 0.15) is 5.82 Å². The van der Waals surface area contributed by atoms with Crippen molar-refractivity contribution < 1.29 is 4.39 Å². The van der Waals surface area contributed by atoms with Gasteiger partial charge in [-0.05, 0) is 29.5 Å². The molecule has 0 saturated heterocycles. The van der Waals surface area contributed by atoms with Gasteiger partial charge in [0.25, 0.3) is 0 Å². The molecule has 1 aromatic carbocycles. The van der Waals surface area contributed by atoms with Gasteiger partial charge in [-0.1, -0.05) is 24.3 Å². The van der Waals surface area contributed by atoms with Crippen molar-refractivity contribution in [2.45, 2.75) is 24.9 Å². The molecule has 2 N–H and O–H groups in total. The Hall–Kier alpha value is -1.88. The molecule has 0 aliphatic heterocycles. The number of benzene rings is 1. The molecule has 3 nitrogen and oxygen atoms in total. The van der Waals surface area contributed by atoms with Gasteiger partial charge in [-0.15, -0.1) is 11.3 Å². The van der Waals surface area contributed by atoms with Crippen LogP contribution in [-0.2, 0) is 6.54 Å². The van der Waals surface area contributed by atoms with E-state index in [1.54, 1.807) is 24.5 Å². The highest BCUT2D eigenvalue weighted by Gasteiger charge is 2.40. The standard InChI is InChI=1S/C16H18FN3S/c1-18-16(19-10-11-5-4-8-21-11)20-15-9-13(15)12-6-2-3-7-14(12)17/h2-8,13,15H,9-10H2,1H3,(H2,18,19,20). The first-order valence-electron chi connectivity index (χ1n) is 7.02. The van der Waals surface area contributed by atoms with Gasteiger partial charge < -0.3 is 10.6 Å². The maximum Gasteiger partial charge on any atom is 0.191 e. The second kappa shape index (κ2) is 6.26. The Labute approximate surface area is 127 Å². The van der Waals surface area contributed by atoms with Crippen LogP contribution in [0.3, 0.4) is 0 Å². The monoisotopic (exact) mass is 303 g/mol. The zero-order valence-corrected chi connectivity index (χ0v) is 12.7. The third-order valence-electron chi connectivity index (χ3n) is 3.65. The van der Waals surface area contributed by atoms with E-state index >= 15 is 0 Å². The fourth-order valence-corrected chi connectivity index (χ4v) is 3.07. The first-order chi connectivity index (χ1) is 10.3. The van der Waals surface area contributed by atoms with Gasteiger partial charge in [-0.3, -0.25) is 4.99 Å². The minimum atomic E-state index is -0.117. The summed E-state index contributed by atoms with van der Waals surface area (Å²) in [6, 6.07) is 11.4. The largest absolute Gasteiger partial charge is 0.353 e. The minimum absolute atomic E-state index is 0.117. The highest BCUT2D eigenvalue weighted by Crippen LogP contribution is 2.41. The van der Waals surface area contributed by atoms with Crippen LogP contribution in [0.5, 0.6) is 0 Å². The van der Waals surface area contributed by atoms with Crippen molar-refractivity contribution in [3.05, 3.63) is 58.0 Å². The summed E-state index contributed by atoms with van der Waals surface area (Å²) in [5.41, 5.74) is 0.795. The summed E-state index contributed by atoms with van der Waals surface area (Å²) in [5.74, 6) is 0.895. The Kier molecular flexibility index (Phi) is 4.20. The lowest BCUT2D eigenvalue weighted by molar-refractivity contribution is 0.607. The molecule has 21 heavy (non-hydrogen) atoms. The quantitative estimate of drug-likeness (QED) is 0.672. The molecule has 1 fully saturated rings. The summed E-state index contributed by atoms with van der Waals surface area (Å²) in [5, 5.41) is 8.70. The number of nitrogens with one attached hydrogen (secondary N) is 2. The summed E-state index contributed by atoms with van der Waals surface area (Å²) >= 11 is 1.71. The summed E-state index contributed by atoms with van der Waals surface area (Å²) in [6.45, 7) is 0.758. The van der Waals surface area contributed by atoms with E-state index in [1.165, 1.54) is 10.9 Å². The first-order valence-corrected chi connectivity index (χ1v) is 7.90. The Morgan fingerprint density at radius 3 is 2.90 bits per heavy atom. The third kappa shape index (κ3) is 3.42. The maximum absolute atomic E-state index is 13.7. The average molecular weight is 303 g/mol. The van der Waals surface area contributed by atoms with Gasteiger partial charge in [0.05, 0.1) is 6.54 Å². The van der Waals surface area contributed by atoms with E-state index < -0.39 is 0 Å². The van der Waals surface area contributed by atoms with Crippen LogP contribution in [0.4, 0.5) is 4.39 Å². The number of guanidine groups is 1. The highest BCUT2D eigenvalue weighted by atomic mass is 32.1. The normalized spacial score (nSPS) is 21.1. The van der Waals surface area contributed by atoms with Crippen molar-refractivity contribution in [1.29, 1.82) is 0 Å². The van der Waals surface area contributed by atoms with E-state index in [1.807, 2.05) is 18.2 Å². The second-order valence-electron chi connectivity index (χ2n) is 5.12. The molecule has 2 atom stereocenters. The topological polar surface area (TPSA) is 36.4 Å². The van der Waals surface area contributed by atoms with Crippen LogP contribution in [0.2, 0.25) is 0 Å². The SMILES string of the molecule is CN=C(NCc1cccs1)NC1CC1c1ccccc1F. The Morgan fingerprint density at radius 2 is 2.19 bits per heavy atom. The van der Waals surface area contributed by atoms with Crippen LogP contribution in [0.25, 0.3) is 0 Å². The van der Waals surface area contributed by atoms with E-state index in [0.29, 0.717) is 0 Å². The van der Waals surface area contributed by atoms with Crippen molar-refractivity contribution in [3.8, 4) is 0 Å². The minimum Gasteiger partial charge on any atom is -0.353 e. The van der Waals surface area contributed by atoms with Crippen molar-refractivity contribution >= 4 is 17.3 Å². The van der Waals surface area contributed by atoms with Gasteiger partial charge >= 0.3 is 0 Å². The van der Waals surface area contributed by atoms with Gasteiger partial charge in [0.2, 0.25) is 0 Å². The molecule has 0 bridgehead atoms. The molecule has 2 aromatic rings. The fourth-order valence-electron chi connectivity index (χ4n) is 2.43. The number of halogens is 1. The van der Waals surface area contributed by atoms with E-state index in [2.05, 4.69) is 27.1 Å². The Bertz CT molecular complexity index is 624. The summed E-state index contributed by atoms with van der Waals surface area (Å²) in [4.78, 5) is 5.49. The molecule has 1 heterocycles. The van der Waals surface area contributed by atoms with Crippen LogP contribution in [-0.4, -0.2) is 19.0 Å². The number of thiophene rings is 1. The van der Waals surface area contributed by atoms with Crippen molar-refractivity contribution in [3.63, 3.8) is 0 Å². The van der Waals surface area contributed by atoms with E-state index in [-0.39, 0.29) is 17.8 Å². The molecule has 110 valence electrons. The summed E-state index contributed by atoms with van der Waals surface area (Å²) in [7, 11) is 1.75. The zero-order valence-electron chi connectivity index (χ0n) is 11.8. The Balaban J connectivity index is 1.54. The van der Waals surface area contributed by atoms with Gasteiger partial charge in [-0.25, -0.2) is 4.39 Å². The molecule has 1 aliphatic carbocycles. The predicted molar refractivity (Wildman–Crippen MR) is 85.2 cm³/mol. The molecule has 1 saturated carbocycles. The molecule has 1 aliphatic rings. The lowest BCUT2D eigenvalue weighted by Crippen LogP contribution is -2.38. The van der Waals surface area contributed by atoms with Crippen LogP contribution in [0.1, 0.15) is 22.8 Å². The highest BCUT2D eigenvalue weighted by molar-refractivity contribution is 7.09. The summed E-state index contributed by atoms with van der Waals surface area (Å²) in [6.07, 6.45) is 0.945. The zero-order chi connectivity index (χ0) is 14.7. The van der Waals surface area contributed by atoms with Crippen LogP contribution in [0.15, 0.2) is 46.8 Å². The van der Waals surface area contributed by atoms with Gasteiger partial charge in [-0.2, -0.15) is 0 Å². The van der Waals surface area contributed by atoms with Crippen LogP contribution < -0.4 is 10.6 Å². The number of hydrogen-bond acceptors (Lipinski definition) is 2. The predicted octanol–water partition coefficient (Wildman–Crippen LogP) is 3.11. The Morgan fingerprint density at radius 1 is 1.33 bits per heavy atom. The molecule has 0 radical (unpaired) electrons. The molecule has 2 unspecified atom stereocenters. The lowest BCUT2D eigenvalue weighted by atomic mass is 10.1. The molecule has 1 aromatic heterocycles. The molecule has 5 heteroatoms. The van der Waals surface area contributed by atoms with E-state index in [0.717, 1.165) is 24.5 Å². The number of hydrogen-bond donors (Lipinski definition) is 2. The molecule has 0 amide bonds. The number of nitrogens with zero attached hydrogens (tertiary/aromatic N) is 1. The first kappa shape index (κ1) is 14.1. The van der Waals surface area contributed by atoms with Crippen LogP contribution in [0, 0.1) is 5.82 Å². The van der Waals surface area contributed by atoms with Crippen molar-refractivity contribution in [2.75, 3.05) is 7.05 Å². The molecule has 0 spiro atoms. The van der Waals surface area contributed by atoms with Gasteiger partial charge in [0, 0.05) is 23.9 Å². The van der Waals surface area contributed by atoms with Crippen molar-refractivity contribution in [2.24, 2.45) is 4.99 Å². The smallest absolute Gasteiger partial charge is 0.191 e. The maximum atomic E-state index is 13.7. The lowest BCUT2D eigenvalue weighted by Gasteiger charge is -2.11. The van der Waals surface area contributed by atoms with E-state index in [9.17, 15) is 4.39 Å². The second-order valence-corrected chi connectivity index (χ2v) is 6.15. The van der Waals surface area contributed by atoms with Crippen molar-refractivity contribution in [1.82, 2.24) is 10.6 Å². The third-order valence-corrected chi connectivity index (χ3v) is 4.53. The van der Waals surface area contributed by atoms with E-state index in [4.69, 9.17) is 0 Å². The molecular formula is C16H18FN3S. The van der Waals surface area contributed by atoms with Gasteiger partial charge in [0.15, 0.2) is 5.96 Å². The fraction of sp³-hybridized carbons (Fsp3) is 0.312. The molecule has 3 rings (SSSR count). The van der Waals surface area contributed by atoms with Crippen LogP contribution >= 0.6 is 11.3 Å². The number of rotatable bonds is 4.